The first-order valence-corrected chi connectivity index (χ1v) is 18.9. The summed E-state index contributed by atoms with van der Waals surface area (Å²) in [6.45, 7) is 2.50. The van der Waals surface area contributed by atoms with Gasteiger partial charge in [0.05, 0.1) is 41.7 Å². The standard InChI is InChI=1S/C45H49N3O7/c1-47-18-15-31-23-39(50-4)41-24-34(31)36(47)20-28-9-12-32(13-10-28)54-40-22-29(11-14-38(40)49-3)21-37-42-33(16-19-48(37)2)35(27-53-26-30-8-7-17-46-25-30)43(51-5)45(52-6)44(42)55-41/h7-14,17,22-25,36-37H,15-16,18-21,26-27H2,1-6H3. The van der Waals surface area contributed by atoms with Crippen molar-refractivity contribution in [3.63, 3.8) is 0 Å². The van der Waals surface area contributed by atoms with E-state index in [-0.39, 0.29) is 12.1 Å². The predicted molar refractivity (Wildman–Crippen MR) is 210 cm³/mol. The van der Waals surface area contributed by atoms with E-state index in [1.54, 1.807) is 34.6 Å². The number of hydrogen-bond acceptors (Lipinski definition) is 10. The summed E-state index contributed by atoms with van der Waals surface area (Å²) < 4.78 is 44.5. The van der Waals surface area contributed by atoms with Gasteiger partial charge < -0.3 is 33.2 Å². The van der Waals surface area contributed by atoms with Gasteiger partial charge in [0, 0.05) is 48.7 Å². The van der Waals surface area contributed by atoms with Gasteiger partial charge in [-0.15, -0.1) is 0 Å². The predicted octanol–water partition coefficient (Wildman–Crippen LogP) is 8.27. The lowest BCUT2D eigenvalue weighted by Crippen LogP contribution is -2.35. The second-order valence-electron chi connectivity index (χ2n) is 14.6. The van der Waals surface area contributed by atoms with E-state index in [4.69, 9.17) is 33.2 Å². The second-order valence-corrected chi connectivity index (χ2v) is 14.6. The van der Waals surface area contributed by atoms with Crippen molar-refractivity contribution in [1.29, 1.82) is 0 Å². The SMILES string of the molecule is COc1ccc2cc1Oc1ccc(cc1)CC1c3cc(c(OC)cc3CCN1C)Oc1c(OC)c(OC)c(COCc3cccnc3)c3c1C(C2)N(C)CC3. The van der Waals surface area contributed by atoms with E-state index in [0.717, 1.165) is 65.9 Å². The van der Waals surface area contributed by atoms with Crippen LogP contribution in [0.15, 0.2) is 79.1 Å². The van der Waals surface area contributed by atoms with Crippen molar-refractivity contribution in [3.05, 3.63) is 124 Å². The zero-order valence-corrected chi connectivity index (χ0v) is 32.5. The number of hydrogen-bond donors (Lipinski definition) is 0. The van der Waals surface area contributed by atoms with Crippen LogP contribution in [-0.4, -0.2) is 70.4 Å². The quantitative estimate of drug-likeness (QED) is 0.155. The van der Waals surface area contributed by atoms with Crippen LogP contribution in [0.1, 0.15) is 56.6 Å². The van der Waals surface area contributed by atoms with Gasteiger partial charge in [-0.05, 0) is 116 Å². The first kappa shape index (κ1) is 36.7. The van der Waals surface area contributed by atoms with Gasteiger partial charge in [-0.25, -0.2) is 0 Å². The maximum absolute atomic E-state index is 7.21. The highest BCUT2D eigenvalue weighted by molar-refractivity contribution is 5.67. The fourth-order valence-electron chi connectivity index (χ4n) is 8.41. The maximum Gasteiger partial charge on any atom is 0.204 e. The van der Waals surface area contributed by atoms with Crippen LogP contribution < -0.4 is 28.4 Å². The smallest absolute Gasteiger partial charge is 0.204 e. The minimum Gasteiger partial charge on any atom is -0.493 e. The third kappa shape index (κ3) is 7.17. The summed E-state index contributed by atoms with van der Waals surface area (Å²) >= 11 is 0. The molecule has 9 rings (SSSR count). The van der Waals surface area contributed by atoms with Gasteiger partial charge >= 0.3 is 0 Å². The molecule has 0 N–H and O–H groups in total. The van der Waals surface area contributed by atoms with E-state index in [1.807, 2.05) is 36.5 Å². The fraction of sp³-hybridized carbons (Fsp3) is 0.356. The summed E-state index contributed by atoms with van der Waals surface area (Å²) in [5.41, 5.74) is 8.90. The minimum atomic E-state index is -0.0995. The average molecular weight is 744 g/mol. The van der Waals surface area contributed by atoms with Gasteiger partial charge in [0.2, 0.25) is 5.75 Å². The largest absolute Gasteiger partial charge is 0.493 e. The molecule has 0 spiro atoms. The molecule has 10 heteroatoms. The molecule has 5 heterocycles. The molecule has 1 aromatic heterocycles. The number of methoxy groups -OCH3 is 4. The van der Waals surface area contributed by atoms with Crippen molar-refractivity contribution in [1.82, 2.24) is 14.8 Å². The Hall–Kier alpha value is -5.29. The lowest BCUT2D eigenvalue weighted by molar-refractivity contribution is 0.103. The van der Waals surface area contributed by atoms with Gasteiger partial charge in [0.1, 0.15) is 5.75 Å². The second kappa shape index (κ2) is 15.8. The minimum absolute atomic E-state index is 0.0995. The Morgan fingerprint density at radius 2 is 1.44 bits per heavy atom. The Bertz CT molecular complexity index is 2160. The molecular weight excluding hydrogens is 695 g/mol. The molecule has 2 atom stereocenters. The number of nitrogens with zero attached hydrogens (tertiary/aromatic N) is 3. The van der Waals surface area contributed by atoms with Crippen molar-refractivity contribution >= 4 is 0 Å². The van der Waals surface area contributed by atoms with Crippen LogP contribution in [0.2, 0.25) is 0 Å². The van der Waals surface area contributed by atoms with Crippen molar-refractivity contribution in [2.45, 2.75) is 51.0 Å². The fourth-order valence-corrected chi connectivity index (χ4v) is 8.41. The molecule has 0 radical (unpaired) electrons. The van der Waals surface area contributed by atoms with Crippen LogP contribution in [0.25, 0.3) is 0 Å². The Morgan fingerprint density at radius 3 is 2.18 bits per heavy atom. The first-order valence-electron chi connectivity index (χ1n) is 18.9. The number of benzene rings is 4. The highest BCUT2D eigenvalue weighted by Gasteiger charge is 2.37. The van der Waals surface area contributed by atoms with Crippen molar-refractivity contribution in [2.24, 2.45) is 0 Å². The third-order valence-corrected chi connectivity index (χ3v) is 11.3. The summed E-state index contributed by atoms with van der Waals surface area (Å²) in [5, 5.41) is 0. The van der Waals surface area contributed by atoms with E-state index in [9.17, 15) is 0 Å². The summed E-state index contributed by atoms with van der Waals surface area (Å²) in [6, 6.07) is 22.9. The monoisotopic (exact) mass is 743 g/mol. The molecule has 286 valence electrons. The van der Waals surface area contributed by atoms with Crippen LogP contribution in [0.5, 0.6) is 46.0 Å². The van der Waals surface area contributed by atoms with Crippen LogP contribution in [0, 0.1) is 0 Å². The van der Waals surface area contributed by atoms with Crippen molar-refractivity contribution in [2.75, 3.05) is 55.6 Å². The average Bonchev–Trinajstić information content (AvgIpc) is 3.21. The molecule has 5 aromatic rings. The lowest BCUT2D eigenvalue weighted by atomic mass is 9.84. The van der Waals surface area contributed by atoms with E-state index >= 15 is 0 Å². The van der Waals surface area contributed by atoms with Crippen molar-refractivity contribution in [3.8, 4) is 46.0 Å². The number of ether oxygens (including phenoxy) is 7. The number of pyridine rings is 1. The molecule has 0 saturated heterocycles. The Morgan fingerprint density at radius 1 is 0.709 bits per heavy atom. The van der Waals surface area contributed by atoms with Gasteiger partial charge in [-0.3, -0.25) is 14.8 Å². The highest BCUT2D eigenvalue weighted by atomic mass is 16.5. The van der Waals surface area contributed by atoms with Crippen LogP contribution in [0.3, 0.4) is 0 Å². The van der Waals surface area contributed by atoms with Gasteiger partial charge in [-0.1, -0.05) is 24.3 Å². The van der Waals surface area contributed by atoms with E-state index in [2.05, 4.69) is 65.3 Å². The van der Waals surface area contributed by atoms with Crippen molar-refractivity contribution < 1.29 is 33.2 Å². The number of fused-ring (bicyclic) bond motifs is 2. The molecule has 0 fully saturated rings. The first-order chi connectivity index (χ1) is 26.9. The molecule has 10 nitrogen and oxygen atoms in total. The molecule has 2 unspecified atom stereocenters. The molecule has 6 bridgehead atoms. The molecule has 4 aliphatic rings. The molecule has 4 aromatic carbocycles. The molecule has 4 aliphatic heterocycles. The normalized spacial score (nSPS) is 17.9. The van der Waals surface area contributed by atoms with Gasteiger partial charge in [0.25, 0.3) is 0 Å². The molecule has 0 aliphatic carbocycles. The van der Waals surface area contributed by atoms with E-state index < -0.39 is 0 Å². The van der Waals surface area contributed by atoms with E-state index in [1.165, 1.54) is 16.7 Å². The summed E-state index contributed by atoms with van der Waals surface area (Å²) in [6.07, 6.45) is 6.76. The van der Waals surface area contributed by atoms with Crippen LogP contribution >= 0.6 is 0 Å². The van der Waals surface area contributed by atoms with Gasteiger partial charge in [0.15, 0.2) is 34.5 Å². The van der Waals surface area contributed by atoms with E-state index in [0.29, 0.717) is 59.9 Å². The molecule has 0 saturated carbocycles. The molecule has 55 heavy (non-hydrogen) atoms. The summed E-state index contributed by atoms with van der Waals surface area (Å²) in [5.74, 6) is 5.14. The number of likely N-dealkylation sites (N-methyl/N-ethyl adjacent to an activating group) is 2. The lowest BCUT2D eigenvalue weighted by Gasteiger charge is -2.38. The molecular formula is C45H49N3O7. The number of aromatic nitrogens is 1. The zero-order chi connectivity index (χ0) is 38.1. The Labute approximate surface area is 323 Å². The zero-order valence-electron chi connectivity index (χ0n) is 32.5. The Balaban J connectivity index is 1.34. The maximum atomic E-state index is 7.21. The summed E-state index contributed by atoms with van der Waals surface area (Å²) in [4.78, 5) is 9.08. The third-order valence-electron chi connectivity index (χ3n) is 11.3. The number of rotatable bonds is 8. The Kier molecular flexibility index (Phi) is 10.6. The highest BCUT2D eigenvalue weighted by Crippen LogP contribution is 2.54. The van der Waals surface area contributed by atoms with Crippen LogP contribution in [0.4, 0.5) is 0 Å². The van der Waals surface area contributed by atoms with Crippen LogP contribution in [-0.2, 0) is 43.6 Å². The topological polar surface area (TPSA) is 84.0 Å². The summed E-state index contributed by atoms with van der Waals surface area (Å²) in [7, 11) is 11.1. The van der Waals surface area contributed by atoms with Gasteiger partial charge in [-0.2, -0.15) is 0 Å². The molecule has 0 amide bonds.